The van der Waals surface area contributed by atoms with Crippen LogP contribution in [-0.4, -0.2) is 10.9 Å². The van der Waals surface area contributed by atoms with E-state index in [2.05, 4.69) is 26.2 Å². The van der Waals surface area contributed by atoms with Crippen LogP contribution in [0.25, 0.3) is 0 Å². The van der Waals surface area contributed by atoms with Crippen molar-refractivity contribution in [2.24, 2.45) is 0 Å². The number of halogens is 1. The lowest BCUT2D eigenvalue weighted by Gasteiger charge is -2.09. The van der Waals surface area contributed by atoms with Crippen LogP contribution in [0, 0.1) is 13.8 Å². The van der Waals surface area contributed by atoms with E-state index in [1.807, 2.05) is 32.0 Å². The van der Waals surface area contributed by atoms with Gasteiger partial charge in [-0.25, -0.2) is 4.98 Å². The molecule has 0 atom stereocenters. The SMILES string of the molecule is Cc1ccc(Br)c(C(=O)Nc2ncc(N)cc2C)c1. The Morgan fingerprint density at radius 1 is 1.32 bits per heavy atom. The number of nitrogens with one attached hydrogen (secondary N) is 1. The molecule has 3 N–H and O–H groups in total. The third-order valence-corrected chi connectivity index (χ3v) is 3.39. The number of pyridine rings is 1. The Bertz CT molecular complexity index is 641. The maximum atomic E-state index is 12.2. The Labute approximate surface area is 120 Å². The van der Waals surface area contributed by atoms with Gasteiger partial charge in [-0.2, -0.15) is 0 Å². The normalized spacial score (nSPS) is 10.3. The molecule has 1 heterocycles. The van der Waals surface area contributed by atoms with Gasteiger partial charge in [-0.1, -0.05) is 11.6 Å². The zero-order valence-electron chi connectivity index (χ0n) is 10.7. The number of carbonyl (C=O) groups is 1. The summed E-state index contributed by atoms with van der Waals surface area (Å²) in [5.74, 6) is 0.323. The van der Waals surface area contributed by atoms with Crippen molar-refractivity contribution in [3.63, 3.8) is 0 Å². The number of nitrogens with zero attached hydrogens (tertiary/aromatic N) is 1. The zero-order chi connectivity index (χ0) is 14.0. The molecular formula is C14H14BrN3O. The van der Waals surface area contributed by atoms with Crippen molar-refractivity contribution in [1.29, 1.82) is 0 Å². The van der Waals surface area contributed by atoms with Crippen LogP contribution in [0.1, 0.15) is 21.5 Å². The molecule has 1 amide bonds. The van der Waals surface area contributed by atoms with Gasteiger partial charge in [0, 0.05) is 4.47 Å². The van der Waals surface area contributed by atoms with Crippen molar-refractivity contribution in [2.45, 2.75) is 13.8 Å². The summed E-state index contributed by atoms with van der Waals surface area (Å²) in [6.07, 6.45) is 1.52. The van der Waals surface area contributed by atoms with E-state index in [-0.39, 0.29) is 5.91 Å². The van der Waals surface area contributed by atoms with Crippen LogP contribution < -0.4 is 11.1 Å². The summed E-state index contributed by atoms with van der Waals surface area (Å²) in [5, 5.41) is 2.79. The minimum atomic E-state index is -0.198. The number of rotatable bonds is 2. The predicted octanol–water partition coefficient (Wildman–Crippen LogP) is 3.30. The van der Waals surface area contributed by atoms with Crippen molar-refractivity contribution in [3.8, 4) is 0 Å². The third-order valence-electron chi connectivity index (χ3n) is 2.70. The first-order valence-corrected chi connectivity index (χ1v) is 6.56. The fraction of sp³-hybridized carbons (Fsp3) is 0.143. The highest BCUT2D eigenvalue weighted by atomic mass is 79.9. The number of aryl methyl sites for hydroxylation is 2. The molecular weight excluding hydrogens is 306 g/mol. The van der Waals surface area contributed by atoms with Crippen LogP contribution in [0.3, 0.4) is 0 Å². The molecule has 0 fully saturated rings. The Balaban J connectivity index is 2.28. The van der Waals surface area contributed by atoms with Gasteiger partial charge in [0.15, 0.2) is 0 Å². The van der Waals surface area contributed by atoms with Crippen molar-refractivity contribution in [1.82, 2.24) is 4.98 Å². The van der Waals surface area contributed by atoms with Gasteiger partial charge in [-0.15, -0.1) is 0 Å². The van der Waals surface area contributed by atoms with Gasteiger partial charge in [-0.3, -0.25) is 4.79 Å². The Morgan fingerprint density at radius 3 is 2.74 bits per heavy atom. The molecule has 0 saturated heterocycles. The largest absolute Gasteiger partial charge is 0.397 e. The van der Waals surface area contributed by atoms with Crippen molar-refractivity contribution in [3.05, 3.63) is 51.6 Å². The summed E-state index contributed by atoms with van der Waals surface area (Å²) >= 11 is 3.37. The minimum Gasteiger partial charge on any atom is -0.397 e. The molecule has 0 bridgehead atoms. The molecule has 1 aromatic heterocycles. The number of amides is 1. The van der Waals surface area contributed by atoms with Gasteiger partial charge in [0.25, 0.3) is 5.91 Å². The second-order valence-electron chi connectivity index (χ2n) is 4.37. The first-order chi connectivity index (χ1) is 8.97. The van der Waals surface area contributed by atoms with Crippen LogP contribution in [0.15, 0.2) is 34.9 Å². The maximum Gasteiger partial charge on any atom is 0.257 e. The van der Waals surface area contributed by atoms with Crippen molar-refractivity contribution < 1.29 is 4.79 Å². The number of carbonyl (C=O) groups excluding carboxylic acids is 1. The average Bonchev–Trinajstić information content (AvgIpc) is 2.35. The second kappa shape index (κ2) is 5.40. The smallest absolute Gasteiger partial charge is 0.257 e. The fourth-order valence-electron chi connectivity index (χ4n) is 1.72. The van der Waals surface area contributed by atoms with Crippen molar-refractivity contribution in [2.75, 3.05) is 11.1 Å². The molecule has 1 aromatic carbocycles. The van der Waals surface area contributed by atoms with E-state index in [9.17, 15) is 4.79 Å². The number of hydrogen-bond donors (Lipinski definition) is 2. The highest BCUT2D eigenvalue weighted by Gasteiger charge is 2.12. The lowest BCUT2D eigenvalue weighted by Crippen LogP contribution is -2.15. The molecule has 98 valence electrons. The molecule has 0 unspecified atom stereocenters. The summed E-state index contributed by atoms with van der Waals surface area (Å²) in [7, 11) is 0. The van der Waals surface area contributed by atoms with Gasteiger partial charge in [0.2, 0.25) is 0 Å². The zero-order valence-corrected chi connectivity index (χ0v) is 12.3. The lowest BCUT2D eigenvalue weighted by molar-refractivity contribution is 0.102. The summed E-state index contributed by atoms with van der Waals surface area (Å²) in [4.78, 5) is 16.3. The molecule has 0 saturated carbocycles. The molecule has 0 aliphatic rings. The van der Waals surface area contributed by atoms with Crippen LogP contribution >= 0.6 is 15.9 Å². The molecule has 4 nitrogen and oxygen atoms in total. The highest BCUT2D eigenvalue weighted by Crippen LogP contribution is 2.20. The lowest BCUT2D eigenvalue weighted by atomic mass is 10.1. The quantitative estimate of drug-likeness (QED) is 0.892. The highest BCUT2D eigenvalue weighted by molar-refractivity contribution is 9.10. The Kier molecular flexibility index (Phi) is 3.85. The van der Waals surface area contributed by atoms with Gasteiger partial charge >= 0.3 is 0 Å². The molecule has 19 heavy (non-hydrogen) atoms. The average molecular weight is 320 g/mol. The number of benzene rings is 1. The van der Waals surface area contributed by atoms with Gasteiger partial charge in [0.1, 0.15) is 5.82 Å². The molecule has 0 aliphatic carbocycles. The number of nitrogens with two attached hydrogens (primary N) is 1. The first kappa shape index (κ1) is 13.5. The van der Waals surface area contributed by atoms with E-state index in [0.717, 1.165) is 15.6 Å². The minimum absolute atomic E-state index is 0.198. The number of hydrogen-bond acceptors (Lipinski definition) is 3. The van der Waals surface area contributed by atoms with Crippen molar-refractivity contribution >= 4 is 33.3 Å². The predicted molar refractivity (Wildman–Crippen MR) is 80.2 cm³/mol. The van der Waals surface area contributed by atoms with Gasteiger partial charge in [0.05, 0.1) is 17.4 Å². The van der Waals surface area contributed by atoms with E-state index in [1.54, 1.807) is 6.07 Å². The molecule has 5 heteroatoms. The number of anilines is 2. The summed E-state index contributed by atoms with van der Waals surface area (Å²) in [5.41, 5.74) is 8.64. The van der Waals surface area contributed by atoms with Gasteiger partial charge < -0.3 is 11.1 Å². The van der Waals surface area contributed by atoms with Crippen LogP contribution in [-0.2, 0) is 0 Å². The topological polar surface area (TPSA) is 68.0 Å². The Hall–Kier alpha value is -1.88. The van der Waals surface area contributed by atoms with E-state index in [1.165, 1.54) is 6.20 Å². The second-order valence-corrected chi connectivity index (χ2v) is 5.23. The fourth-order valence-corrected chi connectivity index (χ4v) is 2.14. The molecule has 2 rings (SSSR count). The first-order valence-electron chi connectivity index (χ1n) is 5.77. The summed E-state index contributed by atoms with van der Waals surface area (Å²) in [6, 6.07) is 7.39. The van der Waals surface area contributed by atoms with E-state index < -0.39 is 0 Å². The maximum absolute atomic E-state index is 12.2. The third kappa shape index (κ3) is 3.12. The van der Waals surface area contributed by atoms with E-state index in [0.29, 0.717) is 17.1 Å². The standard InChI is InChI=1S/C14H14BrN3O/c1-8-3-4-12(15)11(5-8)14(19)18-13-9(2)6-10(16)7-17-13/h3-7H,16H2,1-2H3,(H,17,18,19). The molecule has 0 aliphatic heterocycles. The van der Waals surface area contributed by atoms with E-state index in [4.69, 9.17) is 5.73 Å². The van der Waals surface area contributed by atoms with Crippen LogP contribution in [0.2, 0.25) is 0 Å². The monoisotopic (exact) mass is 319 g/mol. The van der Waals surface area contributed by atoms with Crippen LogP contribution in [0.4, 0.5) is 11.5 Å². The molecule has 0 spiro atoms. The number of aromatic nitrogens is 1. The molecule has 2 aromatic rings. The molecule has 0 radical (unpaired) electrons. The van der Waals surface area contributed by atoms with Crippen LogP contribution in [0.5, 0.6) is 0 Å². The number of nitrogen functional groups attached to an aromatic ring is 1. The summed E-state index contributed by atoms with van der Waals surface area (Å²) in [6.45, 7) is 3.79. The van der Waals surface area contributed by atoms with Gasteiger partial charge in [-0.05, 0) is 53.5 Å². The van der Waals surface area contributed by atoms with E-state index >= 15 is 0 Å². The summed E-state index contributed by atoms with van der Waals surface area (Å²) < 4.78 is 0.753. The Morgan fingerprint density at radius 2 is 2.05 bits per heavy atom.